The molecule has 0 aromatic carbocycles. The molecule has 0 spiro atoms. The normalized spacial score (nSPS) is 24.2. The zero-order chi connectivity index (χ0) is 8.97. The molecular formula is C9H14O3. The second kappa shape index (κ2) is 4.26. The van der Waals surface area contributed by atoms with Gasteiger partial charge in [0.2, 0.25) is 0 Å². The van der Waals surface area contributed by atoms with Crippen molar-refractivity contribution >= 4 is 5.97 Å². The first-order valence-corrected chi connectivity index (χ1v) is 4.19. The van der Waals surface area contributed by atoms with E-state index >= 15 is 0 Å². The van der Waals surface area contributed by atoms with Crippen LogP contribution in [0.3, 0.4) is 0 Å². The average molecular weight is 170 g/mol. The monoisotopic (exact) mass is 170 g/mol. The van der Waals surface area contributed by atoms with E-state index in [1.165, 1.54) is 7.11 Å². The van der Waals surface area contributed by atoms with Gasteiger partial charge in [-0.25, -0.2) is 4.79 Å². The van der Waals surface area contributed by atoms with Gasteiger partial charge in [0.25, 0.3) is 0 Å². The molecule has 0 amide bonds. The highest BCUT2D eigenvalue weighted by molar-refractivity contribution is 5.88. The molecule has 1 atom stereocenters. The Labute approximate surface area is 72.0 Å². The summed E-state index contributed by atoms with van der Waals surface area (Å²) >= 11 is 0. The van der Waals surface area contributed by atoms with Crippen LogP contribution in [0.1, 0.15) is 25.7 Å². The van der Waals surface area contributed by atoms with Crippen LogP contribution in [-0.4, -0.2) is 24.3 Å². The highest BCUT2D eigenvalue weighted by Gasteiger charge is 2.16. The number of hydrogen-bond acceptors (Lipinski definition) is 3. The summed E-state index contributed by atoms with van der Waals surface area (Å²) < 4.78 is 4.58. The topological polar surface area (TPSA) is 46.5 Å². The molecule has 68 valence electrons. The third-order valence-electron chi connectivity index (χ3n) is 2.04. The Kier molecular flexibility index (Phi) is 3.29. The van der Waals surface area contributed by atoms with Gasteiger partial charge >= 0.3 is 5.97 Å². The first kappa shape index (κ1) is 9.26. The maximum Gasteiger partial charge on any atom is 0.333 e. The van der Waals surface area contributed by atoms with Gasteiger partial charge in [0.15, 0.2) is 0 Å². The van der Waals surface area contributed by atoms with Crippen molar-refractivity contribution < 1.29 is 14.6 Å². The highest BCUT2D eigenvalue weighted by Crippen LogP contribution is 2.18. The molecule has 3 nitrogen and oxygen atoms in total. The number of carbonyl (C=O) groups is 1. The molecule has 0 aromatic heterocycles. The van der Waals surface area contributed by atoms with Gasteiger partial charge in [0.05, 0.1) is 13.2 Å². The third-order valence-corrected chi connectivity index (χ3v) is 2.04. The Hall–Kier alpha value is -0.830. The van der Waals surface area contributed by atoms with Crippen LogP contribution in [0, 0.1) is 0 Å². The van der Waals surface area contributed by atoms with E-state index in [0.29, 0.717) is 12.0 Å². The van der Waals surface area contributed by atoms with Gasteiger partial charge in [0.1, 0.15) is 0 Å². The van der Waals surface area contributed by atoms with E-state index in [-0.39, 0.29) is 12.1 Å². The van der Waals surface area contributed by atoms with Crippen LogP contribution < -0.4 is 0 Å². The predicted molar refractivity (Wildman–Crippen MR) is 44.6 cm³/mol. The molecule has 0 saturated heterocycles. The number of rotatable bonds is 1. The molecule has 0 heterocycles. The van der Waals surface area contributed by atoms with Gasteiger partial charge < -0.3 is 9.84 Å². The highest BCUT2D eigenvalue weighted by atomic mass is 16.5. The molecule has 1 N–H and O–H groups in total. The lowest BCUT2D eigenvalue weighted by Gasteiger charge is -2.07. The van der Waals surface area contributed by atoms with Gasteiger partial charge in [-0.3, -0.25) is 0 Å². The largest absolute Gasteiger partial charge is 0.466 e. The van der Waals surface area contributed by atoms with Crippen molar-refractivity contribution in [2.24, 2.45) is 0 Å². The van der Waals surface area contributed by atoms with E-state index in [4.69, 9.17) is 0 Å². The fraction of sp³-hybridized carbons (Fsp3) is 0.667. The molecule has 0 radical (unpaired) electrons. The van der Waals surface area contributed by atoms with Crippen LogP contribution in [-0.2, 0) is 9.53 Å². The molecule has 1 unspecified atom stereocenters. The van der Waals surface area contributed by atoms with Gasteiger partial charge in [-0.2, -0.15) is 0 Å². The Morgan fingerprint density at radius 1 is 1.75 bits per heavy atom. The average Bonchev–Trinajstić information content (AvgIpc) is 2.28. The second-order valence-electron chi connectivity index (χ2n) is 3.01. The van der Waals surface area contributed by atoms with Crippen molar-refractivity contribution in [1.82, 2.24) is 0 Å². The molecule has 12 heavy (non-hydrogen) atoms. The lowest BCUT2D eigenvalue weighted by atomic mass is 10.1. The van der Waals surface area contributed by atoms with Gasteiger partial charge in [-0.05, 0) is 19.3 Å². The van der Waals surface area contributed by atoms with Crippen LogP contribution in [0.25, 0.3) is 0 Å². The van der Waals surface area contributed by atoms with E-state index < -0.39 is 0 Å². The lowest BCUT2D eigenvalue weighted by molar-refractivity contribution is -0.136. The summed E-state index contributed by atoms with van der Waals surface area (Å²) in [6.07, 6.45) is 4.51. The number of methoxy groups -OCH3 is 1. The van der Waals surface area contributed by atoms with E-state index in [2.05, 4.69) is 4.74 Å². The van der Waals surface area contributed by atoms with Crippen LogP contribution >= 0.6 is 0 Å². The number of esters is 1. The van der Waals surface area contributed by atoms with E-state index in [0.717, 1.165) is 19.3 Å². The summed E-state index contributed by atoms with van der Waals surface area (Å²) in [5.41, 5.74) is 0.613. The maximum absolute atomic E-state index is 11.1. The molecule has 0 saturated carbocycles. The van der Waals surface area contributed by atoms with E-state index in [9.17, 15) is 9.90 Å². The minimum absolute atomic E-state index is 0.309. The van der Waals surface area contributed by atoms with Crippen LogP contribution in [0.2, 0.25) is 0 Å². The third kappa shape index (κ3) is 2.34. The van der Waals surface area contributed by atoms with Crippen molar-refractivity contribution in [3.63, 3.8) is 0 Å². The molecule has 0 fully saturated rings. The summed E-state index contributed by atoms with van der Waals surface area (Å²) in [4.78, 5) is 11.1. The Morgan fingerprint density at radius 2 is 2.50 bits per heavy atom. The zero-order valence-corrected chi connectivity index (χ0v) is 7.25. The van der Waals surface area contributed by atoms with Crippen molar-refractivity contribution in [1.29, 1.82) is 0 Å². The number of allylic oxidation sites excluding steroid dienone is 1. The Morgan fingerprint density at radius 3 is 3.17 bits per heavy atom. The van der Waals surface area contributed by atoms with E-state index in [1.54, 1.807) is 0 Å². The van der Waals surface area contributed by atoms with Crippen molar-refractivity contribution in [2.45, 2.75) is 31.8 Å². The predicted octanol–water partition coefficient (Wildman–Crippen LogP) is 1.02. The first-order chi connectivity index (χ1) is 5.74. The number of hydrogen-bond donors (Lipinski definition) is 1. The summed E-state index contributed by atoms with van der Waals surface area (Å²) in [7, 11) is 1.36. The van der Waals surface area contributed by atoms with Gasteiger partial charge in [-0.15, -0.1) is 0 Å². The number of carbonyl (C=O) groups excluding carboxylic acids is 1. The second-order valence-corrected chi connectivity index (χ2v) is 3.01. The summed E-state index contributed by atoms with van der Waals surface area (Å²) in [5.74, 6) is -0.309. The van der Waals surface area contributed by atoms with Gasteiger partial charge in [-0.1, -0.05) is 6.08 Å². The van der Waals surface area contributed by atoms with Crippen LogP contribution in [0.4, 0.5) is 0 Å². The Balaban J connectivity index is 2.61. The van der Waals surface area contributed by atoms with Crippen molar-refractivity contribution in [3.8, 4) is 0 Å². The lowest BCUT2D eigenvalue weighted by Crippen LogP contribution is -2.11. The standard InChI is InChI=1S/C9H14O3/c1-12-9(11)7-4-2-3-5-8(10)6-7/h4,8,10H,2-3,5-6H2,1H3. The molecule has 3 heteroatoms. The summed E-state index contributed by atoms with van der Waals surface area (Å²) in [5, 5.41) is 9.36. The first-order valence-electron chi connectivity index (χ1n) is 4.19. The van der Waals surface area contributed by atoms with Crippen LogP contribution in [0.15, 0.2) is 11.6 Å². The smallest absolute Gasteiger partial charge is 0.333 e. The quantitative estimate of drug-likeness (QED) is 0.598. The maximum atomic E-state index is 11.1. The minimum Gasteiger partial charge on any atom is -0.466 e. The van der Waals surface area contributed by atoms with Gasteiger partial charge in [0, 0.05) is 12.0 Å². The summed E-state index contributed by atoms with van der Waals surface area (Å²) in [6, 6.07) is 0. The molecular weight excluding hydrogens is 156 g/mol. The van der Waals surface area contributed by atoms with Crippen molar-refractivity contribution in [2.75, 3.05) is 7.11 Å². The zero-order valence-electron chi connectivity index (χ0n) is 7.25. The van der Waals surface area contributed by atoms with E-state index in [1.807, 2.05) is 6.08 Å². The molecule has 1 aliphatic rings. The number of ether oxygens (including phenoxy) is 1. The fourth-order valence-electron chi connectivity index (χ4n) is 1.37. The molecule has 0 aliphatic heterocycles. The van der Waals surface area contributed by atoms with Crippen molar-refractivity contribution in [3.05, 3.63) is 11.6 Å². The number of aliphatic hydroxyl groups excluding tert-OH is 1. The minimum atomic E-state index is -0.377. The SMILES string of the molecule is COC(=O)C1=CCCCC(O)C1. The Bertz CT molecular complexity index is 196. The fourth-order valence-corrected chi connectivity index (χ4v) is 1.37. The molecule has 1 rings (SSSR count). The summed E-state index contributed by atoms with van der Waals surface area (Å²) in [6.45, 7) is 0. The number of aliphatic hydroxyl groups is 1. The molecule has 1 aliphatic carbocycles. The van der Waals surface area contributed by atoms with Crippen LogP contribution in [0.5, 0.6) is 0 Å². The molecule has 0 bridgehead atoms. The molecule has 0 aromatic rings.